The van der Waals surface area contributed by atoms with Crippen molar-refractivity contribution in [2.45, 2.75) is 27.2 Å². The highest BCUT2D eigenvalue weighted by Gasteiger charge is 2.14. The Balaban J connectivity index is 0. The third-order valence-electron chi connectivity index (χ3n) is 1.33. The maximum atomic E-state index is 5.51. The van der Waals surface area contributed by atoms with Crippen LogP contribution in [0.5, 0.6) is 0 Å². The van der Waals surface area contributed by atoms with Crippen LogP contribution in [-0.2, 0) is 0 Å². The molecule has 2 heteroatoms. The van der Waals surface area contributed by atoms with Crippen molar-refractivity contribution in [1.82, 2.24) is 0 Å². The Bertz CT molecular complexity index is 108. The van der Waals surface area contributed by atoms with Gasteiger partial charge in [-0.25, -0.2) is 0 Å². The Morgan fingerprint density at radius 2 is 1.90 bits per heavy atom. The number of rotatable bonds is 3. The van der Waals surface area contributed by atoms with Crippen LogP contribution in [0.1, 0.15) is 27.2 Å². The lowest BCUT2D eigenvalue weighted by atomic mass is 9.87. The second kappa shape index (κ2) is 4.75. The minimum Gasteiger partial charge on any atom is -0.330 e. The topological polar surface area (TPSA) is 26.0 Å². The molecule has 0 spiro atoms. The lowest BCUT2D eigenvalue weighted by Gasteiger charge is -2.21. The van der Waals surface area contributed by atoms with Crippen LogP contribution in [0.2, 0.25) is 0 Å². The first kappa shape index (κ1) is 12.6. The first-order chi connectivity index (χ1) is 3.98. The number of hydrogen-bond donors (Lipinski definition) is 1. The lowest BCUT2D eigenvalue weighted by molar-refractivity contribution is 0.376. The summed E-state index contributed by atoms with van der Waals surface area (Å²) in [5, 5.41) is 0. The van der Waals surface area contributed by atoms with Crippen molar-refractivity contribution in [1.29, 1.82) is 0 Å². The molecule has 0 bridgehead atoms. The Morgan fingerprint density at radius 1 is 1.50 bits per heavy atom. The van der Waals surface area contributed by atoms with Crippen molar-refractivity contribution in [3.63, 3.8) is 0 Å². The van der Waals surface area contributed by atoms with Gasteiger partial charge in [-0.1, -0.05) is 19.4 Å². The van der Waals surface area contributed by atoms with E-state index in [4.69, 9.17) is 5.73 Å². The Kier molecular flexibility index (Phi) is 6.01. The molecule has 0 aliphatic rings. The molecule has 62 valence electrons. The van der Waals surface area contributed by atoms with E-state index in [1.54, 1.807) is 0 Å². The van der Waals surface area contributed by atoms with E-state index < -0.39 is 0 Å². The van der Waals surface area contributed by atoms with Gasteiger partial charge >= 0.3 is 0 Å². The minimum absolute atomic E-state index is 0. The summed E-state index contributed by atoms with van der Waals surface area (Å²) in [6.45, 7) is 10.9. The molecule has 0 unspecified atom stereocenters. The van der Waals surface area contributed by atoms with Crippen LogP contribution in [0.25, 0.3) is 0 Å². The molecule has 0 amide bonds. The normalized spacial score (nSPS) is 10.4. The Morgan fingerprint density at radius 3 is 2.00 bits per heavy atom. The van der Waals surface area contributed by atoms with Crippen molar-refractivity contribution < 1.29 is 0 Å². The SMILES string of the molecule is C=C(C)CC(C)(C)CN.Cl. The fourth-order valence-electron chi connectivity index (χ4n) is 0.889. The molecule has 0 saturated heterocycles. The van der Waals surface area contributed by atoms with E-state index in [2.05, 4.69) is 20.4 Å². The van der Waals surface area contributed by atoms with E-state index in [9.17, 15) is 0 Å². The van der Waals surface area contributed by atoms with Crippen molar-refractivity contribution in [2.24, 2.45) is 11.1 Å². The van der Waals surface area contributed by atoms with E-state index in [0.717, 1.165) is 13.0 Å². The third-order valence-corrected chi connectivity index (χ3v) is 1.33. The molecule has 0 aromatic heterocycles. The molecule has 0 aliphatic carbocycles. The average molecular weight is 164 g/mol. The number of halogens is 1. The van der Waals surface area contributed by atoms with Crippen molar-refractivity contribution in [3.05, 3.63) is 12.2 Å². The molecular formula is C8H18ClN. The predicted molar refractivity (Wildman–Crippen MR) is 49.5 cm³/mol. The summed E-state index contributed by atoms with van der Waals surface area (Å²) in [4.78, 5) is 0. The van der Waals surface area contributed by atoms with Gasteiger partial charge < -0.3 is 5.73 Å². The van der Waals surface area contributed by atoms with E-state index in [1.807, 2.05) is 6.92 Å². The third kappa shape index (κ3) is 6.12. The molecule has 0 aromatic rings. The lowest BCUT2D eigenvalue weighted by Crippen LogP contribution is -2.23. The molecule has 0 atom stereocenters. The fourth-order valence-corrected chi connectivity index (χ4v) is 0.889. The van der Waals surface area contributed by atoms with Gasteiger partial charge in [0, 0.05) is 0 Å². The molecule has 0 rings (SSSR count). The molecule has 1 nitrogen and oxygen atoms in total. The van der Waals surface area contributed by atoms with E-state index in [-0.39, 0.29) is 17.8 Å². The first-order valence-corrected chi connectivity index (χ1v) is 3.32. The van der Waals surface area contributed by atoms with Gasteiger partial charge in [0.2, 0.25) is 0 Å². The second-order valence-electron chi connectivity index (χ2n) is 3.50. The molecule has 0 aliphatic heterocycles. The summed E-state index contributed by atoms with van der Waals surface area (Å²) in [6, 6.07) is 0. The number of nitrogens with two attached hydrogens (primary N) is 1. The van der Waals surface area contributed by atoms with Gasteiger partial charge in [-0.05, 0) is 25.3 Å². The zero-order valence-electron chi connectivity index (χ0n) is 7.11. The van der Waals surface area contributed by atoms with Crippen LogP contribution in [0, 0.1) is 5.41 Å². The van der Waals surface area contributed by atoms with Gasteiger partial charge in [0.15, 0.2) is 0 Å². The van der Waals surface area contributed by atoms with Crippen LogP contribution in [0.15, 0.2) is 12.2 Å². The molecule has 0 radical (unpaired) electrons. The Hall–Kier alpha value is -0.0100. The number of allylic oxidation sites excluding steroid dienone is 1. The van der Waals surface area contributed by atoms with Gasteiger partial charge in [0.25, 0.3) is 0 Å². The smallest absolute Gasteiger partial charge is 0.00228 e. The van der Waals surface area contributed by atoms with Gasteiger partial charge in [-0.2, -0.15) is 0 Å². The maximum absolute atomic E-state index is 5.51. The zero-order chi connectivity index (χ0) is 7.49. The van der Waals surface area contributed by atoms with E-state index in [1.165, 1.54) is 5.57 Å². The summed E-state index contributed by atoms with van der Waals surface area (Å²) < 4.78 is 0. The maximum Gasteiger partial charge on any atom is -0.00228 e. The van der Waals surface area contributed by atoms with Gasteiger partial charge in [0.05, 0.1) is 0 Å². The molecular weight excluding hydrogens is 146 g/mol. The van der Waals surface area contributed by atoms with Crippen LogP contribution >= 0.6 is 12.4 Å². The zero-order valence-corrected chi connectivity index (χ0v) is 7.92. The summed E-state index contributed by atoms with van der Waals surface area (Å²) in [7, 11) is 0. The average Bonchev–Trinajstić information content (AvgIpc) is 1.63. The molecule has 10 heavy (non-hydrogen) atoms. The van der Waals surface area contributed by atoms with Crippen LogP contribution < -0.4 is 5.73 Å². The summed E-state index contributed by atoms with van der Waals surface area (Å²) in [6.07, 6.45) is 1.03. The molecule has 0 heterocycles. The highest BCUT2D eigenvalue weighted by atomic mass is 35.5. The van der Waals surface area contributed by atoms with Crippen LogP contribution in [0.3, 0.4) is 0 Å². The summed E-state index contributed by atoms with van der Waals surface area (Å²) in [5.74, 6) is 0. The van der Waals surface area contributed by atoms with Crippen molar-refractivity contribution in [2.75, 3.05) is 6.54 Å². The summed E-state index contributed by atoms with van der Waals surface area (Å²) in [5.41, 5.74) is 6.97. The number of hydrogen-bond acceptors (Lipinski definition) is 1. The van der Waals surface area contributed by atoms with Crippen molar-refractivity contribution in [3.8, 4) is 0 Å². The largest absolute Gasteiger partial charge is 0.330 e. The fraction of sp³-hybridized carbons (Fsp3) is 0.750. The molecule has 0 fully saturated rings. The predicted octanol–water partition coefficient (Wildman–Crippen LogP) is 2.36. The quantitative estimate of drug-likeness (QED) is 0.636. The van der Waals surface area contributed by atoms with E-state index >= 15 is 0 Å². The van der Waals surface area contributed by atoms with Crippen molar-refractivity contribution >= 4 is 12.4 Å². The monoisotopic (exact) mass is 163 g/mol. The Labute approximate surface area is 70.1 Å². The highest BCUT2D eigenvalue weighted by molar-refractivity contribution is 5.85. The van der Waals surface area contributed by atoms with Gasteiger partial charge in [-0.3, -0.25) is 0 Å². The van der Waals surface area contributed by atoms with E-state index in [0.29, 0.717) is 0 Å². The highest BCUT2D eigenvalue weighted by Crippen LogP contribution is 2.21. The minimum atomic E-state index is 0. The second-order valence-corrected chi connectivity index (χ2v) is 3.50. The van der Waals surface area contributed by atoms with Gasteiger partial charge in [-0.15, -0.1) is 19.0 Å². The van der Waals surface area contributed by atoms with Gasteiger partial charge in [0.1, 0.15) is 0 Å². The van der Waals surface area contributed by atoms with Crippen LogP contribution in [-0.4, -0.2) is 6.54 Å². The molecule has 2 N–H and O–H groups in total. The standard InChI is InChI=1S/C8H17N.ClH/c1-7(2)5-8(3,4)6-9;/h1,5-6,9H2,2-4H3;1H. The molecule has 0 aromatic carbocycles. The first-order valence-electron chi connectivity index (χ1n) is 3.32. The van der Waals surface area contributed by atoms with Crippen LogP contribution in [0.4, 0.5) is 0 Å². The molecule has 0 saturated carbocycles. The summed E-state index contributed by atoms with van der Waals surface area (Å²) >= 11 is 0.